The Hall–Kier alpha value is 0.310. The molecular weight excluding hydrogens is 154 g/mol. The number of hydrogen-bond donors (Lipinski definition) is 1. The molecule has 0 spiro atoms. The van der Waals surface area contributed by atoms with Gasteiger partial charge in [0.1, 0.15) is 0 Å². The summed E-state index contributed by atoms with van der Waals surface area (Å²) in [5, 5.41) is 3.32. The maximum atomic E-state index is 3.32. The summed E-state index contributed by atoms with van der Waals surface area (Å²) in [6, 6.07) is 0. The van der Waals surface area contributed by atoms with Crippen molar-refractivity contribution in [3.05, 3.63) is 0 Å². The molecule has 0 saturated heterocycles. The lowest BCUT2D eigenvalue weighted by atomic mass is 10.3. The molecule has 0 bridgehead atoms. The van der Waals surface area contributed by atoms with E-state index in [9.17, 15) is 0 Å². The maximum Gasteiger partial charge on any atom is 0.00751 e. The molecular formula is C9H21NS. The zero-order valence-corrected chi connectivity index (χ0v) is 9.05. The minimum Gasteiger partial charge on any atom is -0.317 e. The smallest absolute Gasteiger partial charge is 0.00751 e. The Morgan fingerprint density at radius 2 is 1.91 bits per heavy atom. The molecule has 0 amide bonds. The third kappa shape index (κ3) is 10.3. The van der Waals surface area contributed by atoms with Crippen molar-refractivity contribution in [2.75, 3.05) is 18.8 Å². The van der Waals surface area contributed by atoms with Gasteiger partial charge in [0.15, 0.2) is 0 Å². The number of rotatable bonds is 5. The van der Waals surface area contributed by atoms with Crippen molar-refractivity contribution in [1.29, 1.82) is 0 Å². The molecule has 1 nitrogen and oxygen atoms in total. The third-order valence-corrected chi connectivity index (χ3v) is 2.64. The first-order valence-electron chi connectivity index (χ1n) is 4.41. The molecule has 0 rings (SSSR count). The fraction of sp³-hybridized carbons (Fsp3) is 1.00. The molecule has 0 aliphatic carbocycles. The summed E-state index contributed by atoms with van der Waals surface area (Å²) in [5.41, 5.74) is 0. The zero-order valence-electron chi connectivity index (χ0n) is 8.24. The first-order chi connectivity index (χ1) is 5.06. The van der Waals surface area contributed by atoms with Gasteiger partial charge in [-0.3, -0.25) is 0 Å². The molecule has 11 heavy (non-hydrogen) atoms. The van der Waals surface area contributed by atoms with Crippen LogP contribution in [0.5, 0.6) is 0 Å². The molecule has 68 valence electrons. The predicted octanol–water partition coefficient (Wildman–Crippen LogP) is 2.52. The lowest BCUT2D eigenvalue weighted by molar-refractivity contribution is 0.704. The van der Waals surface area contributed by atoms with Crippen molar-refractivity contribution in [1.82, 2.24) is 5.32 Å². The quantitative estimate of drug-likeness (QED) is 0.644. The average Bonchev–Trinajstić information content (AvgIpc) is 1.85. The highest BCUT2D eigenvalue weighted by molar-refractivity contribution is 8.00. The van der Waals surface area contributed by atoms with Gasteiger partial charge < -0.3 is 5.32 Å². The van der Waals surface area contributed by atoms with Gasteiger partial charge in [0.25, 0.3) is 0 Å². The molecule has 0 aliphatic rings. The fourth-order valence-corrected chi connectivity index (χ4v) is 1.65. The minimum atomic E-state index is 0.437. The lowest BCUT2D eigenvalue weighted by Crippen LogP contribution is -2.16. The van der Waals surface area contributed by atoms with Crippen LogP contribution >= 0.6 is 11.8 Å². The van der Waals surface area contributed by atoms with Crippen LogP contribution in [0.4, 0.5) is 0 Å². The first kappa shape index (κ1) is 11.3. The van der Waals surface area contributed by atoms with E-state index in [1.165, 1.54) is 18.7 Å². The standard InChI is InChI=1S/C9H21NS/c1-5-10-7-6-8-11-9(2,3)4/h10H,5-8H2,1-4H3. The summed E-state index contributed by atoms with van der Waals surface area (Å²) in [6.07, 6.45) is 1.29. The Kier molecular flexibility index (Phi) is 6.06. The molecule has 0 saturated carbocycles. The normalized spacial score (nSPS) is 12.0. The lowest BCUT2D eigenvalue weighted by Gasteiger charge is -2.17. The second-order valence-electron chi connectivity index (χ2n) is 3.67. The van der Waals surface area contributed by atoms with Crippen LogP contribution in [0, 0.1) is 0 Å². The van der Waals surface area contributed by atoms with Gasteiger partial charge in [0.2, 0.25) is 0 Å². The summed E-state index contributed by atoms with van der Waals surface area (Å²) in [7, 11) is 0. The van der Waals surface area contributed by atoms with Crippen LogP contribution in [-0.2, 0) is 0 Å². The topological polar surface area (TPSA) is 12.0 Å². The average molecular weight is 175 g/mol. The highest BCUT2D eigenvalue weighted by Crippen LogP contribution is 2.23. The van der Waals surface area contributed by atoms with Gasteiger partial charge in [0.05, 0.1) is 0 Å². The largest absolute Gasteiger partial charge is 0.317 e. The first-order valence-corrected chi connectivity index (χ1v) is 5.39. The van der Waals surface area contributed by atoms with E-state index < -0.39 is 0 Å². The van der Waals surface area contributed by atoms with Crippen LogP contribution in [0.25, 0.3) is 0 Å². The molecule has 0 aromatic carbocycles. The van der Waals surface area contributed by atoms with E-state index >= 15 is 0 Å². The minimum absolute atomic E-state index is 0.437. The SMILES string of the molecule is CCNCCCSC(C)(C)C. The van der Waals surface area contributed by atoms with E-state index in [1.54, 1.807) is 0 Å². The van der Waals surface area contributed by atoms with Crippen molar-refractivity contribution in [2.24, 2.45) is 0 Å². The van der Waals surface area contributed by atoms with Gasteiger partial charge >= 0.3 is 0 Å². The highest BCUT2D eigenvalue weighted by Gasteiger charge is 2.08. The van der Waals surface area contributed by atoms with Gasteiger partial charge in [-0.2, -0.15) is 11.8 Å². The molecule has 0 aromatic heterocycles. The molecule has 0 fully saturated rings. The Balaban J connectivity index is 3.02. The third-order valence-electron chi connectivity index (χ3n) is 1.28. The van der Waals surface area contributed by atoms with Gasteiger partial charge in [-0.1, -0.05) is 27.7 Å². The second-order valence-corrected chi connectivity index (χ2v) is 5.59. The van der Waals surface area contributed by atoms with E-state index in [0.29, 0.717) is 4.75 Å². The van der Waals surface area contributed by atoms with Gasteiger partial charge in [-0.25, -0.2) is 0 Å². The highest BCUT2D eigenvalue weighted by atomic mass is 32.2. The number of thioether (sulfide) groups is 1. The molecule has 0 atom stereocenters. The van der Waals surface area contributed by atoms with E-state index in [0.717, 1.165) is 6.54 Å². The van der Waals surface area contributed by atoms with E-state index in [1.807, 2.05) is 11.8 Å². The van der Waals surface area contributed by atoms with Crippen LogP contribution < -0.4 is 5.32 Å². The van der Waals surface area contributed by atoms with E-state index in [4.69, 9.17) is 0 Å². The van der Waals surface area contributed by atoms with Crippen molar-refractivity contribution in [3.63, 3.8) is 0 Å². The predicted molar refractivity (Wildman–Crippen MR) is 55.4 cm³/mol. The van der Waals surface area contributed by atoms with Crippen molar-refractivity contribution in [2.45, 2.75) is 38.9 Å². The fourth-order valence-electron chi connectivity index (χ4n) is 0.752. The van der Waals surface area contributed by atoms with Crippen LogP contribution in [0.15, 0.2) is 0 Å². The Morgan fingerprint density at radius 3 is 2.36 bits per heavy atom. The number of nitrogens with one attached hydrogen (secondary N) is 1. The molecule has 0 aliphatic heterocycles. The van der Waals surface area contributed by atoms with Crippen molar-refractivity contribution in [3.8, 4) is 0 Å². The maximum absolute atomic E-state index is 3.32. The summed E-state index contributed by atoms with van der Waals surface area (Å²) in [4.78, 5) is 0. The Morgan fingerprint density at radius 1 is 1.27 bits per heavy atom. The zero-order chi connectivity index (χ0) is 8.74. The summed E-state index contributed by atoms with van der Waals surface area (Å²) < 4.78 is 0.437. The molecule has 0 aromatic rings. The summed E-state index contributed by atoms with van der Waals surface area (Å²) >= 11 is 2.04. The molecule has 2 heteroatoms. The molecule has 0 radical (unpaired) electrons. The number of hydrogen-bond acceptors (Lipinski definition) is 2. The molecule has 0 unspecified atom stereocenters. The van der Waals surface area contributed by atoms with Crippen LogP contribution in [0.2, 0.25) is 0 Å². The van der Waals surface area contributed by atoms with E-state index in [2.05, 4.69) is 33.0 Å². The Labute approximate surface area is 75.3 Å². The summed E-state index contributed by atoms with van der Waals surface area (Å²) in [5.74, 6) is 1.27. The van der Waals surface area contributed by atoms with Crippen LogP contribution in [-0.4, -0.2) is 23.6 Å². The van der Waals surface area contributed by atoms with Crippen molar-refractivity contribution < 1.29 is 0 Å². The van der Waals surface area contributed by atoms with Crippen LogP contribution in [0.3, 0.4) is 0 Å². The van der Waals surface area contributed by atoms with E-state index in [-0.39, 0.29) is 0 Å². The second kappa shape index (κ2) is 5.90. The van der Waals surface area contributed by atoms with Gasteiger partial charge in [-0.15, -0.1) is 0 Å². The molecule has 1 N–H and O–H groups in total. The van der Waals surface area contributed by atoms with Gasteiger partial charge in [0, 0.05) is 4.75 Å². The van der Waals surface area contributed by atoms with Crippen LogP contribution in [0.1, 0.15) is 34.1 Å². The Bertz CT molecular complexity index is 86.1. The molecule has 0 heterocycles. The van der Waals surface area contributed by atoms with Crippen molar-refractivity contribution >= 4 is 11.8 Å². The van der Waals surface area contributed by atoms with Gasteiger partial charge in [-0.05, 0) is 25.3 Å². The summed E-state index contributed by atoms with van der Waals surface area (Å²) in [6.45, 7) is 11.2. The monoisotopic (exact) mass is 175 g/mol.